The van der Waals surface area contributed by atoms with Crippen LogP contribution >= 0.6 is 0 Å². The standard InChI is InChI=1S/C15H11F3N6O2/c1-6-5-23(7(2)19-6)10-4-11-9(3-8(10)15(16,17)18)20-13(25)12-21-22-14(26)24(11)12/h3-5H,1-2H3,(H,20,25)(H,22,26). The van der Waals surface area contributed by atoms with Gasteiger partial charge in [-0.05, 0) is 26.0 Å². The molecule has 0 saturated heterocycles. The van der Waals surface area contributed by atoms with Crippen molar-refractivity contribution < 1.29 is 13.2 Å². The maximum Gasteiger partial charge on any atom is 0.418 e. The maximum atomic E-state index is 13.6. The minimum absolute atomic E-state index is 0.0899. The second kappa shape index (κ2) is 5.07. The van der Waals surface area contributed by atoms with Crippen LogP contribution in [0, 0.1) is 13.8 Å². The van der Waals surface area contributed by atoms with Gasteiger partial charge in [0.1, 0.15) is 5.82 Å². The van der Waals surface area contributed by atoms with Gasteiger partial charge in [0.2, 0.25) is 5.65 Å². The van der Waals surface area contributed by atoms with Crippen LogP contribution in [0.1, 0.15) is 17.1 Å². The Kier molecular flexibility index (Phi) is 3.14. The summed E-state index contributed by atoms with van der Waals surface area (Å²) in [5, 5.41) is 5.73. The molecule has 2 N–H and O–H groups in total. The smallest absolute Gasteiger partial charge is 0.317 e. The van der Waals surface area contributed by atoms with Crippen LogP contribution < -0.4 is 11.2 Å². The number of hydrogen-bond acceptors (Lipinski definition) is 4. The quantitative estimate of drug-likeness (QED) is 0.537. The van der Waals surface area contributed by atoms with E-state index in [1.54, 1.807) is 13.8 Å². The molecule has 3 aromatic heterocycles. The maximum absolute atomic E-state index is 13.6. The van der Waals surface area contributed by atoms with Crippen LogP contribution in [0.3, 0.4) is 0 Å². The first-order chi connectivity index (χ1) is 12.2. The van der Waals surface area contributed by atoms with Crippen molar-refractivity contribution in [2.75, 3.05) is 0 Å². The van der Waals surface area contributed by atoms with E-state index < -0.39 is 23.0 Å². The van der Waals surface area contributed by atoms with Crippen LogP contribution in [0.4, 0.5) is 13.2 Å². The summed E-state index contributed by atoms with van der Waals surface area (Å²) in [5.74, 6) is 0.354. The van der Waals surface area contributed by atoms with E-state index in [1.165, 1.54) is 16.8 Å². The van der Waals surface area contributed by atoms with Crippen LogP contribution in [0.2, 0.25) is 0 Å². The van der Waals surface area contributed by atoms with Gasteiger partial charge in [-0.15, -0.1) is 5.10 Å². The molecule has 0 unspecified atom stereocenters. The molecule has 26 heavy (non-hydrogen) atoms. The molecule has 0 aliphatic rings. The highest BCUT2D eigenvalue weighted by Crippen LogP contribution is 2.36. The van der Waals surface area contributed by atoms with Crippen molar-refractivity contribution in [3.8, 4) is 5.69 Å². The van der Waals surface area contributed by atoms with Gasteiger partial charge >= 0.3 is 11.9 Å². The number of nitrogens with zero attached hydrogens (tertiary/aromatic N) is 4. The molecule has 1 aromatic carbocycles. The highest BCUT2D eigenvalue weighted by Gasteiger charge is 2.35. The number of aromatic nitrogens is 6. The van der Waals surface area contributed by atoms with Crippen LogP contribution in [0.25, 0.3) is 22.4 Å². The van der Waals surface area contributed by atoms with E-state index >= 15 is 0 Å². The Bertz CT molecular complexity index is 1290. The molecule has 0 amide bonds. The number of nitrogens with one attached hydrogen (secondary N) is 2. The van der Waals surface area contributed by atoms with Crippen LogP contribution in [-0.2, 0) is 6.18 Å². The Hall–Kier alpha value is -3.37. The SMILES string of the molecule is Cc1cn(-c2cc3c(cc2C(F)(F)F)[nH]c(=O)c2n[nH]c(=O)n23)c(C)n1. The third-order valence-corrected chi connectivity index (χ3v) is 4.05. The topological polar surface area (TPSA) is 101 Å². The van der Waals surface area contributed by atoms with E-state index in [1.807, 2.05) is 0 Å². The first-order valence-electron chi connectivity index (χ1n) is 7.44. The lowest BCUT2D eigenvalue weighted by Gasteiger charge is -2.16. The lowest BCUT2D eigenvalue weighted by Crippen LogP contribution is -2.19. The lowest BCUT2D eigenvalue weighted by molar-refractivity contribution is -0.137. The van der Waals surface area contributed by atoms with Gasteiger partial charge in [-0.25, -0.2) is 19.3 Å². The highest BCUT2D eigenvalue weighted by atomic mass is 19.4. The van der Waals surface area contributed by atoms with E-state index in [0.717, 1.165) is 10.5 Å². The normalized spacial score (nSPS) is 12.3. The fraction of sp³-hybridized carbons (Fsp3) is 0.200. The molecule has 3 heterocycles. The summed E-state index contributed by atoms with van der Waals surface area (Å²) in [5.41, 5.74) is -2.38. The molecular formula is C15H11F3N6O2. The number of halogens is 3. The van der Waals surface area contributed by atoms with Crippen LogP contribution in [-0.4, -0.2) is 29.1 Å². The molecule has 0 aliphatic carbocycles. The number of aryl methyl sites for hydroxylation is 2. The van der Waals surface area contributed by atoms with Crippen LogP contribution in [0.5, 0.6) is 0 Å². The summed E-state index contributed by atoms with van der Waals surface area (Å²) >= 11 is 0. The first-order valence-corrected chi connectivity index (χ1v) is 7.44. The van der Waals surface area contributed by atoms with Gasteiger partial charge in [0.15, 0.2) is 0 Å². The zero-order valence-corrected chi connectivity index (χ0v) is 13.5. The van der Waals surface area contributed by atoms with Crippen molar-refractivity contribution in [1.29, 1.82) is 0 Å². The molecule has 11 heteroatoms. The van der Waals surface area contributed by atoms with E-state index in [0.29, 0.717) is 11.5 Å². The molecule has 0 spiro atoms. The van der Waals surface area contributed by atoms with Gasteiger partial charge in [-0.3, -0.25) is 4.79 Å². The average molecular weight is 364 g/mol. The minimum atomic E-state index is -4.68. The molecule has 8 nitrogen and oxygen atoms in total. The number of imidazole rings is 1. The molecule has 0 bridgehead atoms. The summed E-state index contributed by atoms with van der Waals surface area (Å²) in [6, 6.07) is 1.99. The zero-order valence-electron chi connectivity index (χ0n) is 13.5. The van der Waals surface area contributed by atoms with E-state index in [4.69, 9.17) is 0 Å². The minimum Gasteiger partial charge on any atom is -0.317 e. The summed E-state index contributed by atoms with van der Waals surface area (Å²) < 4.78 is 43.1. The molecule has 0 aliphatic heterocycles. The predicted molar refractivity (Wildman–Crippen MR) is 85.5 cm³/mol. The number of H-pyrrole nitrogens is 2. The van der Waals surface area contributed by atoms with E-state index in [9.17, 15) is 22.8 Å². The van der Waals surface area contributed by atoms with E-state index in [2.05, 4.69) is 20.2 Å². The summed E-state index contributed by atoms with van der Waals surface area (Å²) in [6.07, 6.45) is -3.21. The van der Waals surface area contributed by atoms with Gasteiger partial charge in [0.25, 0.3) is 5.56 Å². The van der Waals surface area contributed by atoms with Crippen LogP contribution in [0.15, 0.2) is 27.9 Å². The van der Waals surface area contributed by atoms with Gasteiger partial charge in [-0.1, -0.05) is 0 Å². The highest BCUT2D eigenvalue weighted by molar-refractivity contribution is 5.81. The number of hydrogen-bond donors (Lipinski definition) is 2. The lowest BCUT2D eigenvalue weighted by atomic mass is 10.1. The summed E-state index contributed by atoms with van der Waals surface area (Å²) in [7, 11) is 0. The monoisotopic (exact) mass is 364 g/mol. The van der Waals surface area contributed by atoms with Gasteiger partial charge in [0, 0.05) is 6.20 Å². The summed E-state index contributed by atoms with van der Waals surface area (Å²) in [4.78, 5) is 30.4. The molecule has 0 atom stereocenters. The molecular weight excluding hydrogens is 353 g/mol. The Morgan fingerprint density at radius 3 is 2.50 bits per heavy atom. The van der Waals surface area contributed by atoms with Crippen molar-refractivity contribution in [2.45, 2.75) is 20.0 Å². The number of aromatic amines is 2. The Labute approximate surface area is 141 Å². The molecule has 4 rings (SSSR count). The predicted octanol–water partition coefficient (Wildman–Crippen LogP) is 1.69. The van der Waals surface area contributed by atoms with Crippen molar-refractivity contribution in [3.05, 3.63) is 56.2 Å². The Morgan fingerprint density at radius 2 is 1.88 bits per heavy atom. The second-order valence-electron chi connectivity index (χ2n) is 5.83. The molecule has 0 fully saturated rings. The largest absolute Gasteiger partial charge is 0.418 e. The van der Waals surface area contributed by atoms with Gasteiger partial charge in [0.05, 0.1) is 28.0 Å². The third kappa shape index (κ3) is 2.24. The number of alkyl halides is 3. The molecule has 0 radical (unpaired) electrons. The first kappa shape index (κ1) is 16.1. The van der Waals surface area contributed by atoms with E-state index in [-0.39, 0.29) is 22.4 Å². The molecule has 134 valence electrons. The van der Waals surface area contributed by atoms with Crippen molar-refractivity contribution in [1.82, 2.24) is 29.1 Å². The molecule has 0 saturated carbocycles. The zero-order chi connectivity index (χ0) is 18.8. The van der Waals surface area contributed by atoms with Crippen molar-refractivity contribution >= 4 is 16.7 Å². The van der Waals surface area contributed by atoms with Gasteiger partial charge < -0.3 is 9.55 Å². The average Bonchev–Trinajstić information content (AvgIpc) is 3.09. The molecule has 4 aromatic rings. The number of fused-ring (bicyclic) bond motifs is 3. The Balaban J connectivity index is 2.22. The second-order valence-corrected chi connectivity index (χ2v) is 5.83. The summed E-state index contributed by atoms with van der Waals surface area (Å²) in [6.45, 7) is 3.23. The van der Waals surface area contributed by atoms with Crippen molar-refractivity contribution in [2.24, 2.45) is 0 Å². The fourth-order valence-electron chi connectivity index (χ4n) is 3.00. The van der Waals surface area contributed by atoms with Gasteiger partial charge in [-0.2, -0.15) is 13.2 Å². The van der Waals surface area contributed by atoms with Crippen molar-refractivity contribution in [3.63, 3.8) is 0 Å². The number of benzene rings is 1. The third-order valence-electron chi connectivity index (χ3n) is 4.05. The fourth-order valence-corrected chi connectivity index (χ4v) is 3.00. The Morgan fingerprint density at radius 1 is 1.15 bits per heavy atom. The number of rotatable bonds is 1.